The number of carbonyl (C=O) groups excluding carboxylic acids is 2. The number of aromatic nitrogens is 1. The van der Waals surface area contributed by atoms with Crippen LogP contribution in [-0.2, 0) is 16.1 Å². The molecule has 0 spiro atoms. The molecule has 5 nitrogen and oxygen atoms in total. The average molecular weight is 357 g/mol. The maximum absolute atomic E-state index is 13.8. The fraction of sp³-hybridized carbons (Fsp3) is 0.400. The van der Waals surface area contributed by atoms with E-state index in [0.29, 0.717) is 31.1 Å². The van der Waals surface area contributed by atoms with E-state index in [0.717, 1.165) is 5.69 Å². The summed E-state index contributed by atoms with van der Waals surface area (Å²) in [6.07, 6.45) is 1.76. The molecule has 1 aromatic heterocycles. The topological polar surface area (TPSA) is 54.3 Å². The predicted molar refractivity (Wildman–Crippen MR) is 96.9 cm³/mol. The van der Waals surface area contributed by atoms with Gasteiger partial charge in [-0.1, -0.05) is 26.0 Å². The first-order chi connectivity index (χ1) is 12.5. The second-order valence-corrected chi connectivity index (χ2v) is 7.05. The van der Waals surface area contributed by atoms with Crippen LogP contribution in [0, 0.1) is 11.7 Å². The zero-order valence-corrected chi connectivity index (χ0v) is 15.1. The normalized spacial score (nSPS) is 16.5. The highest BCUT2D eigenvalue weighted by molar-refractivity contribution is 5.97. The highest BCUT2D eigenvalue weighted by Gasteiger charge is 2.32. The Bertz CT molecular complexity index is 800. The lowest BCUT2D eigenvalue weighted by Crippen LogP contribution is -2.44. The molecule has 0 bridgehead atoms. The molecular formula is C20H24FN3O2. The van der Waals surface area contributed by atoms with E-state index in [1.54, 1.807) is 11.0 Å². The molecule has 3 rings (SSSR count). The van der Waals surface area contributed by atoms with Gasteiger partial charge in [0.05, 0.1) is 6.04 Å². The van der Waals surface area contributed by atoms with Crippen molar-refractivity contribution in [2.75, 3.05) is 13.1 Å². The van der Waals surface area contributed by atoms with E-state index in [2.05, 4.69) is 9.88 Å². The molecule has 1 unspecified atom stereocenters. The summed E-state index contributed by atoms with van der Waals surface area (Å²) in [5.74, 6) is -0.531. The Labute approximate surface area is 152 Å². The Kier molecular flexibility index (Phi) is 5.40. The summed E-state index contributed by atoms with van der Waals surface area (Å²) in [4.78, 5) is 26.6. The standard InChI is InChI=1S/C20H24FN3O2/c1-14(2)13-22-18(25)12-19(26)24-10-9-23-8-4-7-17(23)20(24)15-5-3-6-16(21)11-15/h3-8,11,14,20H,9-10,12-13H2,1-2H3,(H,22,25). The number of nitrogens with one attached hydrogen (secondary N) is 1. The van der Waals surface area contributed by atoms with Gasteiger partial charge in [-0.15, -0.1) is 0 Å². The Balaban J connectivity index is 1.83. The van der Waals surface area contributed by atoms with Crippen LogP contribution in [0.15, 0.2) is 42.6 Å². The van der Waals surface area contributed by atoms with Crippen LogP contribution in [0.25, 0.3) is 0 Å². The molecule has 0 aliphatic carbocycles. The third kappa shape index (κ3) is 3.95. The van der Waals surface area contributed by atoms with E-state index in [1.165, 1.54) is 12.1 Å². The van der Waals surface area contributed by atoms with Crippen LogP contribution in [0.5, 0.6) is 0 Å². The van der Waals surface area contributed by atoms with Gasteiger partial charge in [-0.25, -0.2) is 4.39 Å². The molecule has 0 saturated heterocycles. The van der Waals surface area contributed by atoms with E-state index in [-0.39, 0.29) is 30.1 Å². The smallest absolute Gasteiger partial charge is 0.232 e. The highest BCUT2D eigenvalue weighted by atomic mass is 19.1. The zero-order valence-electron chi connectivity index (χ0n) is 15.1. The molecule has 1 aromatic carbocycles. The van der Waals surface area contributed by atoms with Gasteiger partial charge in [-0.2, -0.15) is 0 Å². The van der Waals surface area contributed by atoms with Crippen molar-refractivity contribution in [2.45, 2.75) is 32.9 Å². The minimum absolute atomic E-state index is 0.195. The molecule has 0 radical (unpaired) electrons. The summed E-state index contributed by atoms with van der Waals surface area (Å²) in [6, 6.07) is 9.77. The van der Waals surface area contributed by atoms with Gasteiger partial charge in [0.25, 0.3) is 0 Å². The van der Waals surface area contributed by atoms with Crippen molar-refractivity contribution >= 4 is 11.8 Å². The second kappa shape index (κ2) is 7.72. The van der Waals surface area contributed by atoms with Crippen molar-refractivity contribution in [3.05, 3.63) is 59.7 Å². The molecule has 0 saturated carbocycles. The highest BCUT2D eigenvalue weighted by Crippen LogP contribution is 2.33. The van der Waals surface area contributed by atoms with Crippen LogP contribution in [0.2, 0.25) is 0 Å². The van der Waals surface area contributed by atoms with Gasteiger partial charge in [0, 0.05) is 31.5 Å². The first-order valence-electron chi connectivity index (χ1n) is 8.92. The van der Waals surface area contributed by atoms with Gasteiger partial charge < -0.3 is 14.8 Å². The first kappa shape index (κ1) is 18.2. The molecule has 1 atom stereocenters. The summed E-state index contributed by atoms with van der Waals surface area (Å²) in [5, 5.41) is 2.78. The number of amides is 2. The molecule has 26 heavy (non-hydrogen) atoms. The molecule has 1 aliphatic rings. The van der Waals surface area contributed by atoms with Crippen molar-refractivity contribution in [3.63, 3.8) is 0 Å². The van der Waals surface area contributed by atoms with Gasteiger partial charge in [-0.05, 0) is 35.7 Å². The Morgan fingerprint density at radius 2 is 2.04 bits per heavy atom. The average Bonchev–Trinajstić information content (AvgIpc) is 3.07. The number of nitrogens with zero attached hydrogens (tertiary/aromatic N) is 2. The molecule has 1 N–H and O–H groups in total. The third-order valence-corrected chi connectivity index (χ3v) is 4.54. The number of hydrogen-bond donors (Lipinski definition) is 1. The predicted octanol–water partition coefficient (Wildman–Crippen LogP) is 2.72. The van der Waals surface area contributed by atoms with Gasteiger partial charge in [-0.3, -0.25) is 9.59 Å². The molecular weight excluding hydrogens is 333 g/mol. The minimum atomic E-state index is -0.389. The van der Waals surface area contributed by atoms with Crippen molar-refractivity contribution in [2.24, 2.45) is 5.92 Å². The second-order valence-electron chi connectivity index (χ2n) is 7.05. The summed E-state index contributed by atoms with van der Waals surface area (Å²) in [6.45, 7) is 5.69. The summed E-state index contributed by atoms with van der Waals surface area (Å²) >= 11 is 0. The van der Waals surface area contributed by atoms with Gasteiger partial charge in [0.1, 0.15) is 12.2 Å². The van der Waals surface area contributed by atoms with Crippen LogP contribution in [-0.4, -0.2) is 34.4 Å². The third-order valence-electron chi connectivity index (χ3n) is 4.54. The van der Waals surface area contributed by atoms with Crippen LogP contribution in [0.3, 0.4) is 0 Å². The Morgan fingerprint density at radius 1 is 1.23 bits per heavy atom. The molecule has 138 valence electrons. The lowest BCUT2D eigenvalue weighted by Gasteiger charge is -2.37. The van der Waals surface area contributed by atoms with Gasteiger partial charge in [0.15, 0.2) is 0 Å². The largest absolute Gasteiger partial charge is 0.355 e. The van der Waals surface area contributed by atoms with E-state index in [1.807, 2.05) is 38.2 Å². The van der Waals surface area contributed by atoms with E-state index in [4.69, 9.17) is 0 Å². The summed E-state index contributed by atoms with van der Waals surface area (Å²) < 4.78 is 15.8. The summed E-state index contributed by atoms with van der Waals surface area (Å²) in [7, 11) is 0. The number of benzene rings is 1. The maximum atomic E-state index is 13.8. The monoisotopic (exact) mass is 357 g/mol. The minimum Gasteiger partial charge on any atom is -0.355 e. The lowest BCUT2D eigenvalue weighted by atomic mass is 9.99. The Hall–Kier alpha value is -2.63. The van der Waals surface area contributed by atoms with Crippen molar-refractivity contribution in [3.8, 4) is 0 Å². The number of carbonyl (C=O) groups is 2. The zero-order chi connectivity index (χ0) is 18.7. The Morgan fingerprint density at radius 3 is 2.77 bits per heavy atom. The summed E-state index contributed by atoms with van der Waals surface area (Å²) in [5.41, 5.74) is 1.64. The van der Waals surface area contributed by atoms with Crippen LogP contribution >= 0.6 is 0 Å². The van der Waals surface area contributed by atoms with Gasteiger partial charge in [0.2, 0.25) is 11.8 Å². The quantitative estimate of drug-likeness (QED) is 0.837. The van der Waals surface area contributed by atoms with Crippen LogP contribution in [0.4, 0.5) is 4.39 Å². The molecule has 0 fully saturated rings. The molecule has 1 aliphatic heterocycles. The van der Waals surface area contributed by atoms with Crippen LogP contribution in [0.1, 0.15) is 37.6 Å². The molecule has 2 heterocycles. The van der Waals surface area contributed by atoms with E-state index in [9.17, 15) is 14.0 Å². The van der Waals surface area contributed by atoms with Crippen molar-refractivity contribution < 1.29 is 14.0 Å². The fourth-order valence-corrected chi connectivity index (χ4v) is 3.30. The number of fused-ring (bicyclic) bond motifs is 1. The number of hydrogen-bond acceptors (Lipinski definition) is 2. The van der Waals surface area contributed by atoms with Crippen molar-refractivity contribution in [1.29, 1.82) is 0 Å². The molecule has 2 amide bonds. The fourth-order valence-electron chi connectivity index (χ4n) is 3.30. The van der Waals surface area contributed by atoms with Crippen LogP contribution < -0.4 is 5.32 Å². The van der Waals surface area contributed by atoms with Gasteiger partial charge >= 0.3 is 0 Å². The molecule has 6 heteroatoms. The maximum Gasteiger partial charge on any atom is 0.232 e. The van der Waals surface area contributed by atoms with Crippen molar-refractivity contribution in [1.82, 2.24) is 14.8 Å². The SMILES string of the molecule is CC(C)CNC(=O)CC(=O)N1CCn2cccc2C1c1cccc(F)c1. The lowest BCUT2D eigenvalue weighted by molar-refractivity contribution is -0.138. The molecule has 2 aromatic rings. The van der Waals surface area contributed by atoms with E-state index < -0.39 is 0 Å². The number of rotatable bonds is 5. The number of halogens is 1. The first-order valence-corrected chi connectivity index (χ1v) is 8.92. The van der Waals surface area contributed by atoms with E-state index >= 15 is 0 Å².